The normalized spacial score (nSPS) is 18.1. The molecule has 9 heteroatoms. The van der Waals surface area contributed by atoms with Gasteiger partial charge in [-0.15, -0.1) is 11.8 Å². The zero-order valence-corrected chi connectivity index (χ0v) is 13.8. The summed E-state index contributed by atoms with van der Waals surface area (Å²) in [5, 5.41) is 2.14. The number of thioether (sulfide) groups is 2. The molecule has 2 aromatic carbocycles. The van der Waals surface area contributed by atoms with Crippen LogP contribution in [0.3, 0.4) is 0 Å². The van der Waals surface area contributed by atoms with Crippen LogP contribution in [0.25, 0.3) is 10.8 Å². The highest BCUT2D eigenvalue weighted by molar-refractivity contribution is 8.26. The largest absolute Gasteiger partial charge is 0.496 e. The number of alkyl halides is 3. The van der Waals surface area contributed by atoms with E-state index in [0.29, 0.717) is 10.3 Å². The van der Waals surface area contributed by atoms with Crippen molar-refractivity contribution >= 4 is 45.4 Å². The number of imide groups is 1. The number of fused-ring (bicyclic) bond motifs is 1. The first kappa shape index (κ1) is 17.0. The average Bonchev–Trinajstić information content (AvgIpc) is 2.82. The molecule has 4 nitrogen and oxygen atoms in total. The zero-order valence-electron chi connectivity index (χ0n) is 12.1. The molecule has 3 rings (SSSR count). The lowest BCUT2D eigenvalue weighted by Gasteiger charge is -2.15. The van der Waals surface area contributed by atoms with Gasteiger partial charge in [0, 0.05) is 4.90 Å². The van der Waals surface area contributed by atoms with Crippen LogP contribution in [0.15, 0.2) is 35.2 Å². The SMILES string of the molecule is COc1ccc2cc(SC3SC(=O)NC3=O)ccc2c1C(F)(F)F. The molecule has 1 heterocycles. The van der Waals surface area contributed by atoms with E-state index in [4.69, 9.17) is 4.74 Å². The molecule has 24 heavy (non-hydrogen) atoms. The van der Waals surface area contributed by atoms with Crippen molar-refractivity contribution in [2.75, 3.05) is 7.11 Å². The molecule has 0 aliphatic carbocycles. The number of ether oxygens (including phenoxy) is 1. The Hall–Kier alpha value is -1.87. The fourth-order valence-electron chi connectivity index (χ4n) is 2.36. The van der Waals surface area contributed by atoms with E-state index in [1.165, 1.54) is 31.4 Å². The van der Waals surface area contributed by atoms with Gasteiger partial charge in [0.05, 0.1) is 7.11 Å². The molecule has 1 N–H and O–H groups in total. The number of methoxy groups -OCH3 is 1. The maximum Gasteiger partial charge on any atom is 0.420 e. The number of carbonyl (C=O) groups excluding carboxylic acids is 2. The summed E-state index contributed by atoms with van der Waals surface area (Å²) in [6, 6.07) is 7.20. The number of rotatable bonds is 3. The van der Waals surface area contributed by atoms with Crippen molar-refractivity contribution in [1.82, 2.24) is 5.32 Å². The van der Waals surface area contributed by atoms with Gasteiger partial charge in [0.1, 0.15) is 15.9 Å². The monoisotopic (exact) mass is 373 g/mol. The van der Waals surface area contributed by atoms with Gasteiger partial charge in [0.25, 0.3) is 11.1 Å². The molecule has 2 aromatic rings. The molecule has 1 unspecified atom stereocenters. The van der Waals surface area contributed by atoms with Crippen LogP contribution < -0.4 is 10.1 Å². The Kier molecular flexibility index (Phi) is 4.39. The molecule has 2 amide bonds. The molecule has 126 valence electrons. The van der Waals surface area contributed by atoms with Crippen molar-refractivity contribution in [3.8, 4) is 5.75 Å². The third-order valence-electron chi connectivity index (χ3n) is 3.35. The fourth-order valence-corrected chi connectivity index (χ4v) is 4.43. The smallest absolute Gasteiger partial charge is 0.420 e. The Balaban J connectivity index is 2.01. The minimum Gasteiger partial charge on any atom is -0.496 e. The van der Waals surface area contributed by atoms with Crippen molar-refractivity contribution in [3.05, 3.63) is 35.9 Å². The number of hydrogen-bond acceptors (Lipinski definition) is 5. The summed E-state index contributed by atoms with van der Waals surface area (Å²) in [5.74, 6) is -0.660. The predicted octanol–water partition coefficient (Wildman–Crippen LogP) is 4.27. The fraction of sp³-hybridized carbons (Fsp3) is 0.200. The van der Waals surface area contributed by atoms with Crippen LogP contribution in [-0.2, 0) is 11.0 Å². The van der Waals surface area contributed by atoms with Gasteiger partial charge in [-0.1, -0.05) is 12.1 Å². The standard InChI is InChI=1S/C15H10F3NO3S2/c1-22-10-5-2-7-6-8(23-13-12(20)19-14(21)24-13)3-4-9(7)11(10)15(16,17)18/h2-6,13H,1H3,(H,19,20,21). The summed E-state index contributed by atoms with van der Waals surface area (Å²) < 4.78 is 44.1. The average molecular weight is 373 g/mol. The van der Waals surface area contributed by atoms with E-state index in [-0.39, 0.29) is 11.1 Å². The maximum atomic E-state index is 13.3. The number of halogens is 3. The second-order valence-electron chi connectivity index (χ2n) is 4.87. The minimum atomic E-state index is -4.55. The Labute approximate surface area is 143 Å². The zero-order chi connectivity index (χ0) is 17.5. The first-order valence-electron chi connectivity index (χ1n) is 6.65. The molecule has 0 saturated carbocycles. The molecule has 1 fully saturated rings. The van der Waals surface area contributed by atoms with E-state index in [9.17, 15) is 22.8 Å². The van der Waals surface area contributed by atoms with Gasteiger partial charge in [-0.05, 0) is 40.7 Å². The summed E-state index contributed by atoms with van der Waals surface area (Å²) >= 11 is 1.97. The van der Waals surface area contributed by atoms with Crippen LogP contribution in [-0.4, -0.2) is 22.8 Å². The third kappa shape index (κ3) is 3.18. The second kappa shape index (κ2) is 6.21. The van der Waals surface area contributed by atoms with Crippen molar-refractivity contribution in [2.24, 2.45) is 0 Å². The molecule has 0 spiro atoms. The van der Waals surface area contributed by atoms with Crippen molar-refractivity contribution < 1.29 is 27.5 Å². The van der Waals surface area contributed by atoms with E-state index < -0.39 is 27.5 Å². The number of amides is 2. The molecule has 1 atom stereocenters. The number of hydrogen-bond donors (Lipinski definition) is 1. The van der Waals surface area contributed by atoms with Gasteiger partial charge in [-0.25, -0.2) is 0 Å². The van der Waals surface area contributed by atoms with E-state index in [0.717, 1.165) is 23.5 Å². The Bertz CT molecular complexity index is 839. The van der Waals surface area contributed by atoms with Gasteiger partial charge < -0.3 is 4.74 Å². The highest BCUT2D eigenvalue weighted by Gasteiger charge is 2.36. The van der Waals surface area contributed by atoms with Crippen LogP contribution in [0, 0.1) is 0 Å². The lowest BCUT2D eigenvalue weighted by atomic mass is 10.0. The van der Waals surface area contributed by atoms with Gasteiger partial charge >= 0.3 is 6.18 Å². The Morgan fingerprint density at radius 1 is 1.21 bits per heavy atom. The first-order valence-corrected chi connectivity index (χ1v) is 8.41. The van der Waals surface area contributed by atoms with E-state index in [1.54, 1.807) is 6.07 Å². The van der Waals surface area contributed by atoms with Crippen LogP contribution in [0.5, 0.6) is 5.75 Å². The third-order valence-corrected chi connectivity index (χ3v) is 5.63. The summed E-state index contributed by atoms with van der Waals surface area (Å²) in [4.78, 5) is 23.4. The van der Waals surface area contributed by atoms with Crippen LogP contribution in [0.1, 0.15) is 5.56 Å². The highest BCUT2D eigenvalue weighted by atomic mass is 32.2. The van der Waals surface area contributed by atoms with Crippen molar-refractivity contribution in [2.45, 2.75) is 15.7 Å². The second-order valence-corrected chi connectivity index (χ2v) is 7.42. The quantitative estimate of drug-likeness (QED) is 0.871. The Morgan fingerprint density at radius 2 is 1.96 bits per heavy atom. The van der Waals surface area contributed by atoms with Gasteiger partial charge in [-0.3, -0.25) is 14.9 Å². The van der Waals surface area contributed by atoms with Crippen molar-refractivity contribution in [1.29, 1.82) is 0 Å². The van der Waals surface area contributed by atoms with Crippen molar-refractivity contribution in [3.63, 3.8) is 0 Å². The van der Waals surface area contributed by atoms with Crippen LogP contribution in [0.4, 0.5) is 18.0 Å². The maximum absolute atomic E-state index is 13.3. The summed E-state index contributed by atoms with van der Waals surface area (Å²) in [7, 11) is 1.19. The Morgan fingerprint density at radius 3 is 2.54 bits per heavy atom. The molecule has 0 bridgehead atoms. The topological polar surface area (TPSA) is 55.4 Å². The lowest BCUT2D eigenvalue weighted by Crippen LogP contribution is -2.22. The predicted molar refractivity (Wildman–Crippen MR) is 86.3 cm³/mol. The van der Waals surface area contributed by atoms with Gasteiger partial charge in [-0.2, -0.15) is 13.2 Å². The summed E-state index contributed by atoms with van der Waals surface area (Å²) in [6.45, 7) is 0. The number of carbonyl (C=O) groups is 2. The molecule has 0 radical (unpaired) electrons. The first-order chi connectivity index (χ1) is 11.3. The highest BCUT2D eigenvalue weighted by Crippen LogP contribution is 2.43. The summed E-state index contributed by atoms with van der Waals surface area (Å²) in [6.07, 6.45) is -4.55. The van der Waals surface area contributed by atoms with Gasteiger partial charge in [0.2, 0.25) is 0 Å². The van der Waals surface area contributed by atoms with Crippen LogP contribution in [0.2, 0.25) is 0 Å². The van der Waals surface area contributed by atoms with E-state index >= 15 is 0 Å². The molecular formula is C15H10F3NO3S2. The lowest BCUT2D eigenvalue weighted by molar-refractivity contribution is -0.137. The molecule has 0 aromatic heterocycles. The summed E-state index contributed by atoms with van der Waals surface area (Å²) in [5.41, 5.74) is -0.831. The molecule has 1 aliphatic heterocycles. The van der Waals surface area contributed by atoms with Crippen LogP contribution >= 0.6 is 23.5 Å². The molecule has 1 saturated heterocycles. The van der Waals surface area contributed by atoms with E-state index in [2.05, 4.69) is 5.32 Å². The number of nitrogens with one attached hydrogen (secondary N) is 1. The van der Waals surface area contributed by atoms with Gasteiger partial charge in [0.15, 0.2) is 0 Å². The molecular weight excluding hydrogens is 363 g/mol. The minimum absolute atomic E-state index is 0.0193. The number of benzene rings is 2. The van der Waals surface area contributed by atoms with E-state index in [1.807, 2.05) is 0 Å². The molecule has 1 aliphatic rings.